The Hall–Kier alpha value is -1.91. The highest BCUT2D eigenvalue weighted by Gasteiger charge is 1.98. The third-order valence-corrected chi connectivity index (χ3v) is 1.93. The first kappa shape index (κ1) is 8.68. The van der Waals surface area contributed by atoms with Crippen molar-refractivity contribution >= 4 is 5.69 Å². The average molecular weight is 189 g/mol. The third kappa shape index (κ3) is 1.87. The molecule has 5 nitrogen and oxygen atoms in total. The Kier molecular flexibility index (Phi) is 2.40. The number of H-pyrrole nitrogens is 1. The van der Waals surface area contributed by atoms with Gasteiger partial charge in [0.05, 0.1) is 6.54 Å². The van der Waals surface area contributed by atoms with E-state index in [9.17, 15) is 0 Å². The van der Waals surface area contributed by atoms with Crippen molar-refractivity contribution in [2.45, 2.75) is 13.5 Å². The van der Waals surface area contributed by atoms with Crippen LogP contribution < -0.4 is 5.32 Å². The number of anilines is 1. The zero-order valence-electron chi connectivity index (χ0n) is 7.86. The Bertz CT molecular complexity index is 395. The highest BCUT2D eigenvalue weighted by Crippen LogP contribution is 2.11. The summed E-state index contributed by atoms with van der Waals surface area (Å²) in [5.74, 6) is 0.821. The van der Waals surface area contributed by atoms with E-state index in [2.05, 4.69) is 25.5 Å². The smallest absolute Gasteiger partial charge is 0.143 e. The molecular weight excluding hydrogens is 178 g/mol. The maximum absolute atomic E-state index is 4.02. The molecule has 2 aromatic rings. The predicted octanol–water partition coefficient (Wildman–Crippen LogP) is 1.12. The summed E-state index contributed by atoms with van der Waals surface area (Å²) in [7, 11) is 0. The molecule has 0 atom stereocenters. The minimum atomic E-state index is 0.644. The van der Waals surface area contributed by atoms with Gasteiger partial charge in [0.1, 0.15) is 12.2 Å². The van der Waals surface area contributed by atoms with Gasteiger partial charge in [-0.2, -0.15) is 5.10 Å². The van der Waals surface area contributed by atoms with E-state index < -0.39 is 0 Å². The van der Waals surface area contributed by atoms with Gasteiger partial charge in [-0.1, -0.05) is 0 Å². The summed E-state index contributed by atoms with van der Waals surface area (Å²) < 4.78 is 0. The molecule has 0 saturated heterocycles. The molecule has 2 heterocycles. The molecule has 0 aliphatic rings. The normalized spacial score (nSPS) is 10.1. The fourth-order valence-electron chi connectivity index (χ4n) is 1.17. The van der Waals surface area contributed by atoms with E-state index in [0.717, 1.165) is 17.1 Å². The van der Waals surface area contributed by atoms with E-state index in [0.29, 0.717) is 6.54 Å². The second-order valence-corrected chi connectivity index (χ2v) is 2.98. The van der Waals surface area contributed by atoms with Crippen LogP contribution in [0.1, 0.15) is 11.4 Å². The van der Waals surface area contributed by atoms with Crippen LogP contribution in [0.5, 0.6) is 0 Å². The van der Waals surface area contributed by atoms with Crippen molar-refractivity contribution in [1.82, 2.24) is 20.2 Å². The molecule has 0 aromatic carbocycles. The predicted molar refractivity (Wildman–Crippen MR) is 52.7 cm³/mol. The van der Waals surface area contributed by atoms with E-state index in [4.69, 9.17) is 0 Å². The second kappa shape index (κ2) is 3.87. The van der Waals surface area contributed by atoms with Gasteiger partial charge in [0.15, 0.2) is 0 Å². The van der Waals surface area contributed by atoms with E-state index in [1.54, 1.807) is 6.20 Å². The molecule has 0 spiro atoms. The number of hydrogen-bond donors (Lipinski definition) is 2. The number of nitrogens with one attached hydrogen (secondary N) is 2. The molecule has 0 unspecified atom stereocenters. The third-order valence-electron chi connectivity index (χ3n) is 1.93. The molecule has 0 fully saturated rings. The SMILES string of the molecule is Cc1cnccc1NCc1ncn[nH]1. The highest BCUT2D eigenvalue weighted by atomic mass is 15.2. The lowest BCUT2D eigenvalue weighted by molar-refractivity contribution is 0.952. The van der Waals surface area contributed by atoms with Crippen LogP contribution in [0.25, 0.3) is 0 Å². The van der Waals surface area contributed by atoms with E-state index in [1.807, 2.05) is 19.2 Å². The van der Waals surface area contributed by atoms with E-state index in [1.165, 1.54) is 6.33 Å². The Morgan fingerprint density at radius 1 is 1.50 bits per heavy atom. The Labute approximate surface area is 81.6 Å². The lowest BCUT2D eigenvalue weighted by atomic mass is 10.2. The molecule has 0 bridgehead atoms. The van der Waals surface area contributed by atoms with E-state index >= 15 is 0 Å². The molecule has 0 saturated carbocycles. The number of nitrogens with zero attached hydrogens (tertiary/aromatic N) is 3. The molecule has 72 valence electrons. The number of aromatic nitrogens is 4. The van der Waals surface area contributed by atoms with Crippen molar-refractivity contribution < 1.29 is 0 Å². The molecule has 5 heteroatoms. The summed E-state index contributed by atoms with van der Waals surface area (Å²) in [5, 5.41) is 9.80. The summed E-state index contributed by atoms with van der Waals surface area (Å²) in [6.45, 7) is 2.65. The van der Waals surface area contributed by atoms with Crippen molar-refractivity contribution in [3.05, 3.63) is 36.2 Å². The van der Waals surface area contributed by atoms with Crippen LogP contribution in [-0.4, -0.2) is 20.2 Å². The molecule has 0 aliphatic carbocycles. The Balaban J connectivity index is 2.02. The van der Waals surface area contributed by atoms with Crippen LogP contribution in [0.3, 0.4) is 0 Å². The Morgan fingerprint density at radius 2 is 2.43 bits per heavy atom. The van der Waals surface area contributed by atoms with Crippen LogP contribution in [0.4, 0.5) is 5.69 Å². The van der Waals surface area contributed by atoms with Crippen LogP contribution in [0.2, 0.25) is 0 Å². The standard InChI is InChI=1S/C9H11N5/c1-7-4-10-3-2-8(7)11-5-9-12-6-13-14-9/h2-4,6H,5H2,1H3,(H,10,11)(H,12,13,14). The van der Waals surface area contributed by atoms with Gasteiger partial charge >= 0.3 is 0 Å². The van der Waals surface area contributed by atoms with Gasteiger partial charge < -0.3 is 5.32 Å². The number of aromatic amines is 1. The zero-order valence-corrected chi connectivity index (χ0v) is 7.86. The molecule has 2 rings (SSSR count). The van der Waals surface area contributed by atoms with Crippen LogP contribution in [0.15, 0.2) is 24.8 Å². The van der Waals surface area contributed by atoms with Crippen molar-refractivity contribution in [2.24, 2.45) is 0 Å². The van der Waals surface area contributed by atoms with Gasteiger partial charge in [-0.15, -0.1) is 0 Å². The molecular formula is C9H11N5. The number of pyridine rings is 1. The molecule has 0 radical (unpaired) electrons. The van der Waals surface area contributed by atoms with Crippen molar-refractivity contribution in [2.75, 3.05) is 5.32 Å². The molecule has 14 heavy (non-hydrogen) atoms. The fraction of sp³-hybridized carbons (Fsp3) is 0.222. The summed E-state index contributed by atoms with van der Waals surface area (Å²) in [6.07, 6.45) is 5.08. The van der Waals surface area contributed by atoms with Crippen molar-refractivity contribution in [1.29, 1.82) is 0 Å². The second-order valence-electron chi connectivity index (χ2n) is 2.98. The van der Waals surface area contributed by atoms with Gasteiger partial charge in [0, 0.05) is 18.1 Å². The first-order valence-electron chi connectivity index (χ1n) is 4.35. The van der Waals surface area contributed by atoms with Gasteiger partial charge in [-0.3, -0.25) is 10.1 Å². The first-order valence-corrected chi connectivity index (χ1v) is 4.35. The maximum atomic E-state index is 4.02. The summed E-state index contributed by atoms with van der Waals surface area (Å²) in [6, 6.07) is 1.94. The highest BCUT2D eigenvalue weighted by molar-refractivity contribution is 5.48. The Morgan fingerprint density at radius 3 is 3.14 bits per heavy atom. The topological polar surface area (TPSA) is 66.5 Å². The fourth-order valence-corrected chi connectivity index (χ4v) is 1.17. The van der Waals surface area contributed by atoms with Crippen LogP contribution in [0, 0.1) is 6.92 Å². The quantitative estimate of drug-likeness (QED) is 0.759. The van der Waals surface area contributed by atoms with Gasteiger partial charge in [-0.05, 0) is 18.6 Å². The number of aryl methyl sites for hydroxylation is 1. The largest absolute Gasteiger partial charge is 0.377 e. The lowest BCUT2D eigenvalue weighted by Gasteiger charge is -2.06. The maximum Gasteiger partial charge on any atom is 0.143 e. The number of hydrogen-bond acceptors (Lipinski definition) is 4. The average Bonchev–Trinajstić information content (AvgIpc) is 2.69. The molecule has 2 N–H and O–H groups in total. The van der Waals surface area contributed by atoms with Crippen molar-refractivity contribution in [3.63, 3.8) is 0 Å². The minimum absolute atomic E-state index is 0.644. The van der Waals surface area contributed by atoms with Crippen molar-refractivity contribution in [3.8, 4) is 0 Å². The molecule has 0 amide bonds. The van der Waals surface area contributed by atoms with Gasteiger partial charge in [0.2, 0.25) is 0 Å². The first-order chi connectivity index (χ1) is 6.86. The van der Waals surface area contributed by atoms with Crippen LogP contribution in [-0.2, 0) is 6.54 Å². The summed E-state index contributed by atoms with van der Waals surface area (Å²) >= 11 is 0. The molecule has 2 aromatic heterocycles. The number of rotatable bonds is 3. The van der Waals surface area contributed by atoms with Gasteiger partial charge in [0.25, 0.3) is 0 Å². The van der Waals surface area contributed by atoms with E-state index in [-0.39, 0.29) is 0 Å². The zero-order chi connectivity index (χ0) is 9.80. The monoisotopic (exact) mass is 189 g/mol. The summed E-state index contributed by atoms with van der Waals surface area (Å²) in [4.78, 5) is 8.03. The van der Waals surface area contributed by atoms with Gasteiger partial charge in [-0.25, -0.2) is 4.98 Å². The minimum Gasteiger partial charge on any atom is -0.377 e. The summed E-state index contributed by atoms with van der Waals surface area (Å²) in [5.41, 5.74) is 2.18. The molecule has 0 aliphatic heterocycles. The lowest BCUT2D eigenvalue weighted by Crippen LogP contribution is -2.02. The van der Waals surface area contributed by atoms with Crippen LogP contribution >= 0.6 is 0 Å².